The van der Waals surface area contributed by atoms with Gasteiger partial charge >= 0.3 is 0 Å². The predicted molar refractivity (Wildman–Crippen MR) is 44.3 cm³/mol. The number of nitrogens with one attached hydrogen (secondary N) is 1. The van der Waals surface area contributed by atoms with Crippen LogP contribution >= 0.6 is 0 Å². The summed E-state index contributed by atoms with van der Waals surface area (Å²) in [5.41, 5.74) is 0. The number of likely N-dealkylation sites (N-methyl/N-ethyl adjacent to an activating group) is 1. The second kappa shape index (κ2) is 8.92. The molecule has 0 atom stereocenters. The first-order valence-electron chi connectivity index (χ1n) is 4.20. The Labute approximate surface area is 64.0 Å². The third kappa shape index (κ3) is 7.92. The van der Waals surface area contributed by atoms with Crippen molar-refractivity contribution in [2.75, 3.05) is 26.3 Å². The Hall–Kier alpha value is -0.0800. The largest absolute Gasteiger partial charge is 0.380 e. The molecule has 0 aromatic rings. The maximum Gasteiger partial charge on any atom is 0.0590 e. The van der Waals surface area contributed by atoms with Gasteiger partial charge in [0.1, 0.15) is 0 Å². The van der Waals surface area contributed by atoms with E-state index in [-0.39, 0.29) is 0 Å². The number of rotatable bonds is 7. The first kappa shape index (κ1) is 9.92. The predicted octanol–water partition coefficient (Wildman–Crippen LogP) is 1.41. The van der Waals surface area contributed by atoms with Gasteiger partial charge in [0, 0.05) is 13.2 Å². The van der Waals surface area contributed by atoms with Crippen molar-refractivity contribution in [1.82, 2.24) is 5.32 Å². The van der Waals surface area contributed by atoms with Gasteiger partial charge in [0.05, 0.1) is 6.61 Å². The number of unbranched alkanes of at least 4 members (excludes halogenated alkanes) is 1. The van der Waals surface area contributed by atoms with Crippen LogP contribution in [0.5, 0.6) is 0 Å². The third-order valence-electron chi connectivity index (χ3n) is 1.32. The van der Waals surface area contributed by atoms with Gasteiger partial charge < -0.3 is 10.1 Å². The first-order chi connectivity index (χ1) is 4.91. The standard InChI is InChI=1S/C8H19NO/c1-3-5-7-10-8-6-9-4-2/h9H,3-8H2,1-2H3. The molecule has 0 aromatic heterocycles. The van der Waals surface area contributed by atoms with Crippen LogP contribution in [0.4, 0.5) is 0 Å². The number of hydrogen-bond acceptors (Lipinski definition) is 2. The molecular formula is C8H19NO. The Morgan fingerprint density at radius 1 is 1.20 bits per heavy atom. The van der Waals surface area contributed by atoms with E-state index in [0.29, 0.717) is 0 Å². The molecule has 0 rings (SSSR count). The summed E-state index contributed by atoms with van der Waals surface area (Å²) >= 11 is 0. The highest BCUT2D eigenvalue weighted by atomic mass is 16.5. The van der Waals surface area contributed by atoms with Crippen molar-refractivity contribution in [3.05, 3.63) is 0 Å². The van der Waals surface area contributed by atoms with Crippen LogP contribution in [0.3, 0.4) is 0 Å². The van der Waals surface area contributed by atoms with Crippen molar-refractivity contribution < 1.29 is 4.74 Å². The molecule has 0 radical (unpaired) electrons. The van der Waals surface area contributed by atoms with Crippen LogP contribution in [0.1, 0.15) is 26.7 Å². The van der Waals surface area contributed by atoms with Crippen LogP contribution in [0.25, 0.3) is 0 Å². The summed E-state index contributed by atoms with van der Waals surface area (Å²) in [5.74, 6) is 0. The van der Waals surface area contributed by atoms with Gasteiger partial charge in [0.25, 0.3) is 0 Å². The summed E-state index contributed by atoms with van der Waals surface area (Å²) in [7, 11) is 0. The molecule has 1 N–H and O–H groups in total. The summed E-state index contributed by atoms with van der Waals surface area (Å²) in [5, 5.41) is 3.20. The number of hydrogen-bond donors (Lipinski definition) is 1. The van der Waals surface area contributed by atoms with Crippen molar-refractivity contribution in [2.24, 2.45) is 0 Å². The SMILES string of the molecule is CCCCOCCNCC. The Morgan fingerprint density at radius 2 is 2.00 bits per heavy atom. The molecule has 0 heterocycles. The van der Waals surface area contributed by atoms with Crippen molar-refractivity contribution in [1.29, 1.82) is 0 Å². The van der Waals surface area contributed by atoms with E-state index in [4.69, 9.17) is 4.74 Å². The van der Waals surface area contributed by atoms with Crippen LogP contribution in [-0.4, -0.2) is 26.3 Å². The molecule has 0 unspecified atom stereocenters. The molecule has 0 aliphatic carbocycles. The van der Waals surface area contributed by atoms with E-state index in [2.05, 4.69) is 19.2 Å². The highest BCUT2D eigenvalue weighted by Crippen LogP contribution is 1.86. The van der Waals surface area contributed by atoms with E-state index in [1.54, 1.807) is 0 Å². The Balaban J connectivity index is 2.65. The highest BCUT2D eigenvalue weighted by Gasteiger charge is 1.85. The maximum atomic E-state index is 5.31. The fraction of sp³-hybridized carbons (Fsp3) is 1.00. The number of ether oxygens (including phenoxy) is 1. The molecule has 0 spiro atoms. The minimum atomic E-state index is 0.855. The second-order valence-corrected chi connectivity index (χ2v) is 2.32. The van der Waals surface area contributed by atoms with E-state index in [9.17, 15) is 0 Å². The minimum Gasteiger partial charge on any atom is -0.380 e. The van der Waals surface area contributed by atoms with Gasteiger partial charge in [-0.2, -0.15) is 0 Å². The monoisotopic (exact) mass is 145 g/mol. The lowest BCUT2D eigenvalue weighted by atomic mass is 10.4. The summed E-state index contributed by atoms with van der Waals surface area (Å²) in [6.45, 7) is 8.08. The molecule has 2 heteroatoms. The van der Waals surface area contributed by atoms with Crippen molar-refractivity contribution in [3.63, 3.8) is 0 Å². The average Bonchev–Trinajstić information content (AvgIpc) is 1.97. The van der Waals surface area contributed by atoms with Crippen LogP contribution in [0.2, 0.25) is 0 Å². The Kier molecular flexibility index (Phi) is 8.85. The van der Waals surface area contributed by atoms with Crippen LogP contribution in [-0.2, 0) is 4.74 Å². The van der Waals surface area contributed by atoms with Crippen molar-refractivity contribution in [2.45, 2.75) is 26.7 Å². The van der Waals surface area contributed by atoms with Crippen LogP contribution < -0.4 is 5.32 Å². The highest BCUT2D eigenvalue weighted by molar-refractivity contribution is 4.40. The quantitative estimate of drug-likeness (QED) is 0.547. The lowest BCUT2D eigenvalue weighted by Crippen LogP contribution is -2.19. The molecule has 0 aromatic carbocycles. The molecule has 62 valence electrons. The molecule has 0 amide bonds. The molecule has 0 saturated heterocycles. The Morgan fingerprint density at radius 3 is 2.60 bits per heavy atom. The van der Waals surface area contributed by atoms with Gasteiger partial charge in [0.2, 0.25) is 0 Å². The maximum absolute atomic E-state index is 5.31. The zero-order chi connectivity index (χ0) is 7.66. The van der Waals surface area contributed by atoms with Crippen LogP contribution in [0, 0.1) is 0 Å². The van der Waals surface area contributed by atoms with E-state index in [1.807, 2.05) is 0 Å². The van der Waals surface area contributed by atoms with Gasteiger partial charge in [0.15, 0.2) is 0 Å². The van der Waals surface area contributed by atoms with Crippen molar-refractivity contribution >= 4 is 0 Å². The topological polar surface area (TPSA) is 21.3 Å². The smallest absolute Gasteiger partial charge is 0.0590 e. The zero-order valence-electron chi connectivity index (χ0n) is 7.15. The summed E-state index contributed by atoms with van der Waals surface area (Å²) in [4.78, 5) is 0. The van der Waals surface area contributed by atoms with Crippen LogP contribution in [0.15, 0.2) is 0 Å². The molecule has 0 aliphatic heterocycles. The summed E-state index contributed by atoms with van der Waals surface area (Å²) in [6, 6.07) is 0. The van der Waals surface area contributed by atoms with Gasteiger partial charge in [-0.25, -0.2) is 0 Å². The van der Waals surface area contributed by atoms with Gasteiger partial charge in [-0.15, -0.1) is 0 Å². The fourth-order valence-corrected chi connectivity index (χ4v) is 0.670. The van der Waals surface area contributed by atoms with E-state index in [0.717, 1.165) is 26.3 Å². The lowest BCUT2D eigenvalue weighted by molar-refractivity contribution is 0.133. The molecular weight excluding hydrogens is 126 g/mol. The van der Waals surface area contributed by atoms with Gasteiger partial charge in [-0.05, 0) is 13.0 Å². The van der Waals surface area contributed by atoms with E-state index >= 15 is 0 Å². The molecule has 10 heavy (non-hydrogen) atoms. The molecule has 0 fully saturated rings. The second-order valence-electron chi connectivity index (χ2n) is 2.32. The van der Waals surface area contributed by atoms with Gasteiger partial charge in [-0.3, -0.25) is 0 Å². The lowest BCUT2D eigenvalue weighted by Gasteiger charge is -2.02. The van der Waals surface area contributed by atoms with Crippen molar-refractivity contribution in [3.8, 4) is 0 Å². The minimum absolute atomic E-state index is 0.855. The third-order valence-corrected chi connectivity index (χ3v) is 1.32. The molecule has 2 nitrogen and oxygen atoms in total. The Bertz CT molecular complexity index is 49.2. The zero-order valence-corrected chi connectivity index (χ0v) is 7.15. The van der Waals surface area contributed by atoms with E-state index in [1.165, 1.54) is 12.8 Å². The van der Waals surface area contributed by atoms with Gasteiger partial charge in [-0.1, -0.05) is 20.3 Å². The average molecular weight is 145 g/mol. The summed E-state index contributed by atoms with van der Waals surface area (Å²) in [6.07, 6.45) is 2.41. The van der Waals surface area contributed by atoms with E-state index < -0.39 is 0 Å². The molecule has 0 aliphatic rings. The normalized spacial score (nSPS) is 10.2. The first-order valence-corrected chi connectivity index (χ1v) is 4.20. The molecule has 0 bridgehead atoms. The summed E-state index contributed by atoms with van der Waals surface area (Å²) < 4.78 is 5.31. The fourth-order valence-electron chi connectivity index (χ4n) is 0.670. The molecule has 0 saturated carbocycles.